The normalized spacial score (nSPS) is 15.4. The molecule has 1 aromatic carbocycles. The predicted molar refractivity (Wildman–Crippen MR) is 71.6 cm³/mol. The van der Waals surface area contributed by atoms with Crippen LogP contribution in [0.5, 0.6) is 0 Å². The van der Waals surface area contributed by atoms with E-state index in [1.165, 1.54) is 17.0 Å². The summed E-state index contributed by atoms with van der Waals surface area (Å²) in [5.74, 6) is -0.455. The number of hydrogen-bond acceptors (Lipinski definition) is 4. The van der Waals surface area contributed by atoms with Crippen molar-refractivity contribution >= 4 is 29.1 Å². The molecular weight excluding hydrogens is 286 g/mol. The number of carbonyl (C=O) groups is 2. The van der Waals surface area contributed by atoms with Crippen LogP contribution >= 0.6 is 11.6 Å². The SMILES string of the molecule is O=C1CCN(C(=O)c2ccc(Cl)c([N+](=O)[O-])c2)CCN1. The maximum Gasteiger partial charge on any atom is 0.288 e. The summed E-state index contributed by atoms with van der Waals surface area (Å²) in [6.45, 7) is 1.04. The van der Waals surface area contributed by atoms with E-state index in [9.17, 15) is 19.7 Å². The molecule has 0 aromatic heterocycles. The maximum atomic E-state index is 12.3. The summed E-state index contributed by atoms with van der Waals surface area (Å²) < 4.78 is 0. The highest BCUT2D eigenvalue weighted by Crippen LogP contribution is 2.25. The molecule has 0 radical (unpaired) electrons. The molecule has 0 bridgehead atoms. The fraction of sp³-hybridized carbons (Fsp3) is 0.333. The van der Waals surface area contributed by atoms with Crippen LogP contribution in [-0.2, 0) is 4.79 Å². The van der Waals surface area contributed by atoms with Crippen LogP contribution in [0.25, 0.3) is 0 Å². The van der Waals surface area contributed by atoms with E-state index in [-0.39, 0.29) is 34.5 Å². The van der Waals surface area contributed by atoms with Crippen LogP contribution < -0.4 is 5.32 Å². The van der Waals surface area contributed by atoms with Gasteiger partial charge in [-0.2, -0.15) is 0 Å². The molecule has 0 atom stereocenters. The Morgan fingerprint density at radius 1 is 1.40 bits per heavy atom. The fourth-order valence-electron chi connectivity index (χ4n) is 1.94. The molecule has 1 aromatic rings. The minimum absolute atomic E-state index is 0.0146. The second-order valence-corrected chi connectivity index (χ2v) is 4.72. The molecule has 106 valence electrons. The maximum absolute atomic E-state index is 12.3. The number of rotatable bonds is 2. The van der Waals surface area contributed by atoms with Crippen molar-refractivity contribution in [2.24, 2.45) is 0 Å². The van der Waals surface area contributed by atoms with Gasteiger partial charge in [-0.25, -0.2) is 0 Å². The quantitative estimate of drug-likeness (QED) is 0.656. The van der Waals surface area contributed by atoms with E-state index in [0.717, 1.165) is 6.07 Å². The fourth-order valence-corrected chi connectivity index (χ4v) is 2.12. The van der Waals surface area contributed by atoms with Gasteiger partial charge in [0.2, 0.25) is 5.91 Å². The first kappa shape index (κ1) is 14.3. The molecule has 2 amide bonds. The van der Waals surface area contributed by atoms with E-state index in [4.69, 9.17) is 11.6 Å². The standard InChI is InChI=1S/C12H12ClN3O4/c13-9-2-1-8(7-10(9)16(19)20)12(18)15-5-3-11(17)14-4-6-15/h1-2,7H,3-6H2,(H,14,17). The molecule has 1 saturated heterocycles. The zero-order valence-electron chi connectivity index (χ0n) is 10.5. The summed E-state index contributed by atoms with van der Waals surface area (Å²) in [7, 11) is 0. The van der Waals surface area contributed by atoms with Crippen molar-refractivity contribution in [1.82, 2.24) is 10.2 Å². The van der Waals surface area contributed by atoms with Crippen molar-refractivity contribution < 1.29 is 14.5 Å². The number of hydrogen-bond donors (Lipinski definition) is 1. The first-order valence-electron chi connectivity index (χ1n) is 5.99. The smallest absolute Gasteiger partial charge is 0.288 e. The zero-order valence-corrected chi connectivity index (χ0v) is 11.2. The van der Waals surface area contributed by atoms with Gasteiger partial charge in [0.15, 0.2) is 0 Å². The number of nitro groups is 1. The van der Waals surface area contributed by atoms with Crippen molar-refractivity contribution in [3.63, 3.8) is 0 Å². The van der Waals surface area contributed by atoms with Crippen LogP contribution in [0.15, 0.2) is 18.2 Å². The summed E-state index contributed by atoms with van der Waals surface area (Å²) in [6.07, 6.45) is 0.224. The van der Waals surface area contributed by atoms with E-state index >= 15 is 0 Å². The molecule has 1 heterocycles. The molecule has 0 spiro atoms. The molecule has 0 unspecified atom stereocenters. The van der Waals surface area contributed by atoms with Gasteiger partial charge < -0.3 is 10.2 Å². The molecule has 1 fully saturated rings. The van der Waals surface area contributed by atoms with Crippen LogP contribution in [0.3, 0.4) is 0 Å². The van der Waals surface area contributed by atoms with Gasteiger partial charge in [0, 0.05) is 37.7 Å². The van der Waals surface area contributed by atoms with Crippen LogP contribution in [0, 0.1) is 10.1 Å². The van der Waals surface area contributed by atoms with Gasteiger partial charge in [0.25, 0.3) is 11.6 Å². The Balaban J connectivity index is 2.22. The van der Waals surface area contributed by atoms with Gasteiger partial charge in [-0.15, -0.1) is 0 Å². The van der Waals surface area contributed by atoms with Crippen LogP contribution in [-0.4, -0.2) is 41.3 Å². The molecule has 1 aliphatic heterocycles. The zero-order chi connectivity index (χ0) is 14.7. The van der Waals surface area contributed by atoms with E-state index in [1.807, 2.05) is 0 Å². The van der Waals surface area contributed by atoms with Gasteiger partial charge in [-0.3, -0.25) is 19.7 Å². The van der Waals surface area contributed by atoms with Crippen LogP contribution in [0.2, 0.25) is 5.02 Å². The van der Waals surface area contributed by atoms with Gasteiger partial charge >= 0.3 is 0 Å². The second-order valence-electron chi connectivity index (χ2n) is 4.32. The Morgan fingerprint density at radius 3 is 2.85 bits per heavy atom. The third-order valence-electron chi connectivity index (χ3n) is 2.99. The molecule has 1 N–H and O–H groups in total. The lowest BCUT2D eigenvalue weighted by Crippen LogP contribution is -2.34. The summed E-state index contributed by atoms with van der Waals surface area (Å²) in [6, 6.07) is 3.93. The summed E-state index contributed by atoms with van der Waals surface area (Å²) in [4.78, 5) is 35.2. The molecule has 0 aliphatic carbocycles. The summed E-state index contributed by atoms with van der Waals surface area (Å²) in [5.41, 5.74) is -0.114. The highest BCUT2D eigenvalue weighted by Gasteiger charge is 2.22. The lowest BCUT2D eigenvalue weighted by Gasteiger charge is -2.19. The predicted octanol–water partition coefficient (Wildman–Crippen LogP) is 1.21. The van der Waals surface area contributed by atoms with Crippen molar-refractivity contribution in [3.8, 4) is 0 Å². The number of amides is 2. The molecule has 1 aliphatic rings. The summed E-state index contributed by atoms with van der Waals surface area (Å²) in [5, 5.41) is 13.5. The van der Waals surface area contributed by atoms with Gasteiger partial charge in [-0.1, -0.05) is 11.6 Å². The van der Waals surface area contributed by atoms with Crippen molar-refractivity contribution in [2.45, 2.75) is 6.42 Å². The van der Waals surface area contributed by atoms with Crippen molar-refractivity contribution in [3.05, 3.63) is 38.9 Å². The molecule has 8 heteroatoms. The lowest BCUT2D eigenvalue weighted by molar-refractivity contribution is -0.384. The minimum atomic E-state index is -0.632. The molecule has 7 nitrogen and oxygen atoms in total. The van der Waals surface area contributed by atoms with E-state index < -0.39 is 4.92 Å². The lowest BCUT2D eigenvalue weighted by atomic mass is 10.1. The van der Waals surface area contributed by atoms with Crippen molar-refractivity contribution in [1.29, 1.82) is 0 Å². The number of carbonyl (C=O) groups excluding carboxylic acids is 2. The molecule has 0 saturated carbocycles. The summed E-state index contributed by atoms with van der Waals surface area (Å²) >= 11 is 5.71. The Bertz CT molecular complexity index is 576. The first-order valence-corrected chi connectivity index (χ1v) is 6.37. The Kier molecular flexibility index (Phi) is 4.19. The Labute approximate surface area is 119 Å². The van der Waals surface area contributed by atoms with Crippen LogP contribution in [0.1, 0.15) is 16.8 Å². The largest absolute Gasteiger partial charge is 0.354 e. The average Bonchev–Trinajstić information content (AvgIpc) is 2.63. The number of halogens is 1. The molecule has 20 heavy (non-hydrogen) atoms. The van der Waals surface area contributed by atoms with Gasteiger partial charge in [-0.05, 0) is 12.1 Å². The highest BCUT2D eigenvalue weighted by atomic mass is 35.5. The van der Waals surface area contributed by atoms with Crippen molar-refractivity contribution in [2.75, 3.05) is 19.6 Å². The second kappa shape index (κ2) is 5.87. The Hall–Kier alpha value is -2.15. The number of nitrogens with one attached hydrogen (secondary N) is 1. The average molecular weight is 298 g/mol. The number of nitro benzene ring substituents is 1. The first-order chi connectivity index (χ1) is 9.49. The van der Waals surface area contributed by atoms with E-state index in [2.05, 4.69) is 5.32 Å². The number of nitrogens with zero attached hydrogens (tertiary/aromatic N) is 2. The monoisotopic (exact) mass is 297 g/mol. The third-order valence-corrected chi connectivity index (χ3v) is 3.31. The van der Waals surface area contributed by atoms with E-state index in [1.54, 1.807) is 0 Å². The molecule has 2 rings (SSSR count). The minimum Gasteiger partial charge on any atom is -0.354 e. The highest BCUT2D eigenvalue weighted by molar-refractivity contribution is 6.32. The molecular formula is C12H12ClN3O4. The third kappa shape index (κ3) is 3.05. The number of benzene rings is 1. The Morgan fingerprint density at radius 2 is 2.15 bits per heavy atom. The van der Waals surface area contributed by atoms with Gasteiger partial charge in [0.1, 0.15) is 5.02 Å². The topological polar surface area (TPSA) is 92.5 Å². The van der Waals surface area contributed by atoms with Crippen LogP contribution in [0.4, 0.5) is 5.69 Å². The van der Waals surface area contributed by atoms with Gasteiger partial charge in [0.05, 0.1) is 4.92 Å². The van der Waals surface area contributed by atoms with E-state index in [0.29, 0.717) is 19.6 Å².